The van der Waals surface area contributed by atoms with Crippen LogP contribution in [-0.4, -0.2) is 25.1 Å². The molecule has 5 rings (SSSR count). The van der Waals surface area contributed by atoms with Gasteiger partial charge in [-0.05, 0) is 42.8 Å². The lowest BCUT2D eigenvalue weighted by atomic mass is 10.0. The molecule has 1 aliphatic rings. The highest BCUT2D eigenvalue weighted by molar-refractivity contribution is 7.91. The fourth-order valence-electron chi connectivity index (χ4n) is 3.75. The maximum Gasteiger partial charge on any atom is 0.257 e. The van der Waals surface area contributed by atoms with Gasteiger partial charge in [0.1, 0.15) is 0 Å². The molecule has 3 aromatic carbocycles. The van der Waals surface area contributed by atoms with Crippen molar-refractivity contribution < 1.29 is 18.0 Å². The first-order valence-electron chi connectivity index (χ1n) is 10.2. The van der Waals surface area contributed by atoms with E-state index in [2.05, 4.69) is 22.4 Å². The van der Waals surface area contributed by atoms with Gasteiger partial charge in [0.05, 0.1) is 9.79 Å². The summed E-state index contributed by atoms with van der Waals surface area (Å²) in [5.41, 5.74) is 2.69. The molecule has 1 aromatic heterocycles. The molecule has 4 aromatic rings. The highest BCUT2D eigenvalue weighted by Crippen LogP contribution is 2.35. The van der Waals surface area contributed by atoms with E-state index >= 15 is 0 Å². The number of aromatic nitrogens is 1. The Morgan fingerprint density at radius 2 is 1.70 bits per heavy atom. The predicted octanol–water partition coefficient (Wildman–Crippen LogP) is 4.67. The van der Waals surface area contributed by atoms with Crippen molar-refractivity contribution in [3.8, 4) is 0 Å². The molecular formula is C25H18N2O4S2. The summed E-state index contributed by atoms with van der Waals surface area (Å²) in [6, 6.07) is 18.4. The van der Waals surface area contributed by atoms with E-state index in [1.54, 1.807) is 18.3 Å². The molecule has 0 aliphatic carbocycles. The van der Waals surface area contributed by atoms with Gasteiger partial charge in [-0.15, -0.1) is 11.3 Å². The molecule has 0 unspecified atom stereocenters. The van der Waals surface area contributed by atoms with E-state index in [9.17, 15) is 18.0 Å². The molecule has 2 heterocycles. The van der Waals surface area contributed by atoms with Crippen molar-refractivity contribution in [2.45, 2.75) is 23.1 Å². The molecule has 164 valence electrons. The van der Waals surface area contributed by atoms with E-state index < -0.39 is 15.7 Å². The summed E-state index contributed by atoms with van der Waals surface area (Å²) in [5, 5.41) is 3.15. The first-order valence-corrected chi connectivity index (χ1v) is 12.5. The quantitative estimate of drug-likeness (QED) is 0.409. The van der Waals surface area contributed by atoms with Gasteiger partial charge in [0, 0.05) is 34.2 Å². The zero-order valence-electron chi connectivity index (χ0n) is 17.5. The van der Waals surface area contributed by atoms with Crippen LogP contribution < -0.4 is 5.32 Å². The Kier molecular flexibility index (Phi) is 5.19. The van der Waals surface area contributed by atoms with Crippen molar-refractivity contribution in [3.05, 3.63) is 106 Å². The fraction of sp³-hybridized carbons (Fsp3) is 0.0800. The number of nitrogens with one attached hydrogen (secondary N) is 1. The first kappa shape index (κ1) is 21.2. The molecule has 0 bridgehead atoms. The highest BCUT2D eigenvalue weighted by Gasteiger charge is 2.35. The normalized spacial score (nSPS) is 13.8. The van der Waals surface area contributed by atoms with E-state index in [-0.39, 0.29) is 32.3 Å². The van der Waals surface area contributed by atoms with Gasteiger partial charge in [-0.25, -0.2) is 13.4 Å². The van der Waals surface area contributed by atoms with Crippen LogP contribution in [0.25, 0.3) is 0 Å². The molecular weight excluding hydrogens is 456 g/mol. The number of anilines is 1. The molecule has 0 saturated heterocycles. The van der Waals surface area contributed by atoms with Crippen LogP contribution in [0.4, 0.5) is 5.13 Å². The lowest BCUT2D eigenvalue weighted by Gasteiger charge is -2.19. The van der Waals surface area contributed by atoms with Gasteiger partial charge in [0.2, 0.25) is 9.84 Å². The molecule has 1 amide bonds. The minimum Gasteiger partial charge on any atom is -0.298 e. The smallest absolute Gasteiger partial charge is 0.257 e. The van der Waals surface area contributed by atoms with Crippen LogP contribution in [0.1, 0.15) is 42.3 Å². The Labute approximate surface area is 194 Å². The second-order valence-corrected chi connectivity index (χ2v) is 10.8. The minimum atomic E-state index is -3.91. The number of sulfone groups is 1. The van der Waals surface area contributed by atoms with Gasteiger partial charge in [-0.1, -0.05) is 42.0 Å². The van der Waals surface area contributed by atoms with Crippen molar-refractivity contribution >= 4 is 38.0 Å². The monoisotopic (exact) mass is 474 g/mol. The number of hydrogen-bond donors (Lipinski definition) is 1. The lowest BCUT2D eigenvalue weighted by molar-refractivity contribution is 0.101. The fourth-order valence-corrected chi connectivity index (χ4v) is 6.27. The van der Waals surface area contributed by atoms with E-state index in [1.165, 1.54) is 47.2 Å². The summed E-state index contributed by atoms with van der Waals surface area (Å²) in [7, 11) is -3.91. The third kappa shape index (κ3) is 3.88. The highest BCUT2D eigenvalue weighted by atomic mass is 32.2. The number of fused-ring (bicyclic) bond motifs is 2. The van der Waals surface area contributed by atoms with Gasteiger partial charge in [0.15, 0.2) is 10.9 Å². The van der Waals surface area contributed by atoms with Crippen molar-refractivity contribution in [3.63, 3.8) is 0 Å². The summed E-state index contributed by atoms with van der Waals surface area (Å²) in [5.74, 6) is -0.862. The van der Waals surface area contributed by atoms with Crippen LogP contribution in [0.2, 0.25) is 0 Å². The number of amides is 1. The average molecular weight is 475 g/mol. The number of benzene rings is 3. The number of carbonyl (C=O) groups is 2. The van der Waals surface area contributed by atoms with Gasteiger partial charge in [-0.3, -0.25) is 14.9 Å². The van der Waals surface area contributed by atoms with Gasteiger partial charge in [0.25, 0.3) is 5.91 Å². The Morgan fingerprint density at radius 3 is 2.48 bits per heavy atom. The van der Waals surface area contributed by atoms with Crippen LogP contribution in [-0.2, 0) is 16.3 Å². The third-order valence-electron chi connectivity index (χ3n) is 5.47. The van der Waals surface area contributed by atoms with Gasteiger partial charge >= 0.3 is 0 Å². The number of rotatable bonds is 4. The topological polar surface area (TPSA) is 93.2 Å². The summed E-state index contributed by atoms with van der Waals surface area (Å²) >= 11 is 1.36. The molecule has 1 aliphatic heterocycles. The van der Waals surface area contributed by atoms with Crippen LogP contribution >= 0.6 is 11.3 Å². The largest absolute Gasteiger partial charge is 0.298 e. The SMILES string of the molecule is Cc1ccc(Cc2cnc(NC(=O)c3ccc4c(c3)S(=O)(=O)c3ccccc3C4=O)s2)cc1. The molecule has 1 N–H and O–H groups in total. The van der Waals surface area contributed by atoms with E-state index in [4.69, 9.17) is 0 Å². The average Bonchev–Trinajstić information content (AvgIpc) is 3.25. The Hall–Kier alpha value is -3.62. The Balaban J connectivity index is 1.39. The molecule has 0 radical (unpaired) electrons. The van der Waals surface area contributed by atoms with Crippen LogP contribution in [0.3, 0.4) is 0 Å². The predicted molar refractivity (Wildman–Crippen MR) is 126 cm³/mol. The first-order chi connectivity index (χ1) is 15.8. The second-order valence-electron chi connectivity index (χ2n) is 7.79. The molecule has 6 nitrogen and oxygen atoms in total. The van der Waals surface area contributed by atoms with E-state index in [1.807, 2.05) is 19.1 Å². The Bertz CT molecular complexity index is 1520. The summed E-state index contributed by atoms with van der Waals surface area (Å²) in [6.07, 6.45) is 2.42. The number of ketones is 1. The van der Waals surface area contributed by atoms with Crippen molar-refractivity contribution in [2.75, 3.05) is 5.32 Å². The summed E-state index contributed by atoms with van der Waals surface area (Å²) in [6.45, 7) is 2.03. The van der Waals surface area contributed by atoms with Crippen LogP contribution in [0.5, 0.6) is 0 Å². The van der Waals surface area contributed by atoms with Crippen molar-refractivity contribution in [2.24, 2.45) is 0 Å². The van der Waals surface area contributed by atoms with E-state index in [0.717, 1.165) is 10.4 Å². The van der Waals surface area contributed by atoms with Crippen LogP contribution in [0, 0.1) is 6.92 Å². The number of nitrogens with zero attached hydrogens (tertiary/aromatic N) is 1. The molecule has 0 fully saturated rings. The molecule has 8 heteroatoms. The maximum atomic E-state index is 13.1. The van der Waals surface area contributed by atoms with Gasteiger partial charge in [-0.2, -0.15) is 0 Å². The molecule has 0 saturated carbocycles. The number of thiazole rings is 1. The minimum absolute atomic E-state index is 0.0410. The number of carbonyl (C=O) groups excluding carboxylic acids is 2. The number of aryl methyl sites for hydroxylation is 1. The standard InChI is InChI=1S/C25H18N2O4S2/c1-15-6-8-16(9-7-15)12-18-14-26-25(32-18)27-24(29)17-10-11-20-22(13-17)33(30,31)21-5-3-2-4-19(21)23(20)28/h2-11,13-14H,12H2,1H3,(H,26,27,29). The zero-order chi connectivity index (χ0) is 23.2. The third-order valence-corrected chi connectivity index (χ3v) is 8.24. The van der Waals surface area contributed by atoms with E-state index in [0.29, 0.717) is 11.6 Å². The maximum absolute atomic E-state index is 13.1. The number of hydrogen-bond acceptors (Lipinski definition) is 6. The molecule has 0 atom stereocenters. The lowest BCUT2D eigenvalue weighted by Crippen LogP contribution is -2.21. The zero-order valence-corrected chi connectivity index (χ0v) is 19.2. The van der Waals surface area contributed by atoms with Crippen molar-refractivity contribution in [1.29, 1.82) is 0 Å². The van der Waals surface area contributed by atoms with Crippen molar-refractivity contribution in [1.82, 2.24) is 4.98 Å². The molecule has 33 heavy (non-hydrogen) atoms. The second kappa shape index (κ2) is 8.06. The Morgan fingerprint density at radius 1 is 0.970 bits per heavy atom. The molecule has 0 spiro atoms. The summed E-state index contributed by atoms with van der Waals surface area (Å²) in [4.78, 5) is 30.6. The van der Waals surface area contributed by atoms with Crippen LogP contribution in [0.15, 0.2) is 82.7 Å². The summed E-state index contributed by atoms with van der Waals surface area (Å²) < 4.78 is 26.2. The van der Waals surface area contributed by atoms with Gasteiger partial charge < -0.3 is 0 Å².